The molecule has 3 rings (SSSR count). The summed E-state index contributed by atoms with van der Waals surface area (Å²) in [4.78, 5) is 29.7. The Labute approximate surface area is 183 Å². The fourth-order valence-corrected chi connectivity index (χ4v) is 3.41. The molecule has 6 nitrogen and oxygen atoms in total. The summed E-state index contributed by atoms with van der Waals surface area (Å²) in [5.74, 6) is 0.0428. The van der Waals surface area contributed by atoms with Crippen LogP contribution in [0.1, 0.15) is 31.9 Å². The summed E-state index contributed by atoms with van der Waals surface area (Å²) in [7, 11) is 0. The van der Waals surface area contributed by atoms with Crippen LogP contribution >= 0.6 is 0 Å². The van der Waals surface area contributed by atoms with Crippen LogP contribution in [0.3, 0.4) is 0 Å². The number of fused-ring (bicyclic) bond motifs is 1. The Morgan fingerprint density at radius 1 is 1.03 bits per heavy atom. The Balaban J connectivity index is 1.61. The highest BCUT2D eigenvalue weighted by Gasteiger charge is 2.24. The van der Waals surface area contributed by atoms with Gasteiger partial charge in [0.05, 0.1) is 13.0 Å². The van der Waals surface area contributed by atoms with Gasteiger partial charge in [0.1, 0.15) is 6.04 Å². The molecule has 6 heteroatoms. The van der Waals surface area contributed by atoms with Gasteiger partial charge in [-0.25, -0.2) is 4.98 Å². The standard InChI is InChI=1S/C25H29N3O3/c1-4-31-25-21(10-7-13-26-25)16-27-24(30)23(17(2)3)28-22(29)15-18-11-12-19-8-5-6-9-20(19)14-18/h5-14,17,23H,4,15-16H2,1-3H3,(H,27,30)(H,28,29). The van der Waals surface area contributed by atoms with E-state index in [-0.39, 0.29) is 30.7 Å². The monoisotopic (exact) mass is 419 g/mol. The molecule has 1 unspecified atom stereocenters. The van der Waals surface area contributed by atoms with Crippen molar-refractivity contribution in [3.05, 3.63) is 71.9 Å². The van der Waals surface area contributed by atoms with Crippen LogP contribution in [0.15, 0.2) is 60.8 Å². The van der Waals surface area contributed by atoms with E-state index in [0.717, 1.165) is 21.9 Å². The van der Waals surface area contributed by atoms with E-state index in [2.05, 4.69) is 15.6 Å². The van der Waals surface area contributed by atoms with Gasteiger partial charge in [-0.3, -0.25) is 9.59 Å². The number of nitrogens with one attached hydrogen (secondary N) is 2. The minimum absolute atomic E-state index is 0.0548. The number of aromatic nitrogens is 1. The summed E-state index contributed by atoms with van der Waals surface area (Å²) in [5, 5.41) is 8.01. The third kappa shape index (κ3) is 6.04. The number of ether oxygens (including phenoxy) is 1. The van der Waals surface area contributed by atoms with E-state index in [1.54, 1.807) is 12.3 Å². The smallest absolute Gasteiger partial charge is 0.243 e. The molecule has 1 aromatic heterocycles. The molecule has 0 saturated heterocycles. The van der Waals surface area contributed by atoms with Gasteiger partial charge in [-0.05, 0) is 35.2 Å². The van der Waals surface area contributed by atoms with Gasteiger partial charge in [-0.1, -0.05) is 62.4 Å². The van der Waals surface area contributed by atoms with Crippen LogP contribution in [-0.2, 0) is 22.6 Å². The lowest BCUT2D eigenvalue weighted by Gasteiger charge is -2.22. The lowest BCUT2D eigenvalue weighted by Crippen LogP contribution is -2.49. The molecule has 3 aromatic rings. The minimum atomic E-state index is -0.625. The van der Waals surface area contributed by atoms with Gasteiger partial charge >= 0.3 is 0 Å². The lowest BCUT2D eigenvalue weighted by atomic mass is 10.0. The maximum absolute atomic E-state index is 12.8. The molecular formula is C25H29N3O3. The Morgan fingerprint density at radius 3 is 2.55 bits per heavy atom. The van der Waals surface area contributed by atoms with Crippen molar-refractivity contribution in [2.24, 2.45) is 5.92 Å². The van der Waals surface area contributed by atoms with Crippen LogP contribution in [0.4, 0.5) is 0 Å². The first-order valence-corrected chi connectivity index (χ1v) is 10.6. The van der Waals surface area contributed by atoms with Crippen molar-refractivity contribution in [1.82, 2.24) is 15.6 Å². The van der Waals surface area contributed by atoms with Crippen molar-refractivity contribution in [1.29, 1.82) is 0 Å². The van der Waals surface area contributed by atoms with E-state index in [1.807, 2.05) is 69.3 Å². The van der Waals surface area contributed by atoms with E-state index < -0.39 is 6.04 Å². The molecule has 0 aliphatic carbocycles. The van der Waals surface area contributed by atoms with Crippen molar-refractivity contribution < 1.29 is 14.3 Å². The van der Waals surface area contributed by atoms with Crippen LogP contribution in [0.25, 0.3) is 10.8 Å². The van der Waals surface area contributed by atoms with Crippen molar-refractivity contribution >= 4 is 22.6 Å². The molecular weight excluding hydrogens is 390 g/mol. The Morgan fingerprint density at radius 2 is 1.81 bits per heavy atom. The van der Waals surface area contributed by atoms with Gasteiger partial charge in [0.25, 0.3) is 0 Å². The van der Waals surface area contributed by atoms with Crippen LogP contribution in [-0.4, -0.2) is 29.4 Å². The SMILES string of the molecule is CCOc1ncccc1CNC(=O)C(NC(=O)Cc1ccc2ccccc2c1)C(C)C. The van der Waals surface area contributed by atoms with Crippen molar-refractivity contribution in [2.45, 2.75) is 39.8 Å². The number of carbonyl (C=O) groups is 2. The third-order valence-corrected chi connectivity index (χ3v) is 5.03. The van der Waals surface area contributed by atoms with Gasteiger partial charge in [0, 0.05) is 18.3 Å². The fraction of sp³-hybridized carbons (Fsp3) is 0.320. The lowest BCUT2D eigenvalue weighted by molar-refractivity contribution is -0.129. The number of nitrogens with zero attached hydrogens (tertiary/aromatic N) is 1. The van der Waals surface area contributed by atoms with Gasteiger partial charge < -0.3 is 15.4 Å². The third-order valence-electron chi connectivity index (χ3n) is 5.03. The molecule has 0 radical (unpaired) electrons. The van der Waals surface area contributed by atoms with E-state index in [0.29, 0.717) is 12.5 Å². The zero-order valence-corrected chi connectivity index (χ0v) is 18.2. The molecule has 1 atom stereocenters. The Kier molecular flexibility index (Phi) is 7.60. The molecule has 0 aliphatic heterocycles. The summed E-state index contributed by atoms with van der Waals surface area (Å²) in [5.41, 5.74) is 1.71. The van der Waals surface area contributed by atoms with Crippen LogP contribution in [0.2, 0.25) is 0 Å². The number of hydrogen-bond donors (Lipinski definition) is 2. The van der Waals surface area contributed by atoms with Gasteiger partial charge in [-0.15, -0.1) is 0 Å². The van der Waals surface area contributed by atoms with Crippen LogP contribution in [0, 0.1) is 5.92 Å². The average molecular weight is 420 g/mol. The molecule has 0 aliphatic rings. The molecule has 2 N–H and O–H groups in total. The first kappa shape index (κ1) is 22.3. The van der Waals surface area contributed by atoms with Gasteiger partial charge in [0.2, 0.25) is 17.7 Å². The molecule has 2 aromatic carbocycles. The van der Waals surface area contributed by atoms with E-state index in [1.165, 1.54) is 0 Å². The topological polar surface area (TPSA) is 80.3 Å². The highest BCUT2D eigenvalue weighted by atomic mass is 16.5. The zero-order chi connectivity index (χ0) is 22.2. The van der Waals surface area contributed by atoms with Crippen LogP contribution < -0.4 is 15.4 Å². The highest BCUT2D eigenvalue weighted by Crippen LogP contribution is 2.17. The molecule has 1 heterocycles. The maximum Gasteiger partial charge on any atom is 0.243 e. The highest BCUT2D eigenvalue weighted by molar-refractivity contribution is 5.89. The van der Waals surface area contributed by atoms with Gasteiger partial charge in [0.15, 0.2) is 0 Å². The normalized spacial score (nSPS) is 11.9. The second-order valence-electron chi connectivity index (χ2n) is 7.77. The molecule has 2 amide bonds. The summed E-state index contributed by atoms with van der Waals surface area (Å²) in [6.07, 6.45) is 1.87. The maximum atomic E-state index is 12.8. The van der Waals surface area contributed by atoms with Crippen molar-refractivity contribution in [2.75, 3.05) is 6.61 Å². The van der Waals surface area contributed by atoms with E-state index in [9.17, 15) is 9.59 Å². The summed E-state index contributed by atoms with van der Waals surface area (Å²) in [6, 6.07) is 17.0. The number of amides is 2. The molecule has 0 bridgehead atoms. The molecule has 0 spiro atoms. The van der Waals surface area contributed by atoms with Gasteiger partial charge in [-0.2, -0.15) is 0 Å². The molecule has 0 fully saturated rings. The second-order valence-corrected chi connectivity index (χ2v) is 7.77. The quantitative estimate of drug-likeness (QED) is 0.555. The largest absolute Gasteiger partial charge is 0.478 e. The summed E-state index contributed by atoms with van der Waals surface area (Å²) >= 11 is 0. The Hall–Kier alpha value is -3.41. The number of pyridine rings is 1. The molecule has 31 heavy (non-hydrogen) atoms. The molecule has 0 saturated carbocycles. The number of rotatable bonds is 9. The predicted octanol–water partition coefficient (Wildman–Crippen LogP) is 3.63. The summed E-state index contributed by atoms with van der Waals surface area (Å²) < 4.78 is 5.51. The van der Waals surface area contributed by atoms with E-state index >= 15 is 0 Å². The first-order valence-electron chi connectivity index (χ1n) is 10.6. The van der Waals surface area contributed by atoms with Crippen LogP contribution in [0.5, 0.6) is 5.88 Å². The fourth-order valence-electron chi connectivity index (χ4n) is 3.41. The van der Waals surface area contributed by atoms with Crippen molar-refractivity contribution in [3.8, 4) is 5.88 Å². The van der Waals surface area contributed by atoms with E-state index in [4.69, 9.17) is 4.74 Å². The zero-order valence-electron chi connectivity index (χ0n) is 18.2. The number of carbonyl (C=O) groups excluding carboxylic acids is 2. The minimum Gasteiger partial charge on any atom is -0.478 e. The predicted molar refractivity (Wildman–Crippen MR) is 122 cm³/mol. The first-order chi connectivity index (χ1) is 15.0. The average Bonchev–Trinajstić information content (AvgIpc) is 2.76. The van der Waals surface area contributed by atoms with Crippen molar-refractivity contribution in [3.63, 3.8) is 0 Å². The number of benzene rings is 2. The Bertz CT molecular complexity index is 1050. The second kappa shape index (κ2) is 10.6. The molecule has 162 valence electrons. The summed E-state index contributed by atoms with van der Waals surface area (Å²) in [6.45, 7) is 6.49. The number of hydrogen-bond acceptors (Lipinski definition) is 4.